The molecule has 0 saturated carbocycles. The van der Waals surface area contributed by atoms with Crippen molar-refractivity contribution < 1.29 is 33.4 Å². The molecular formula is C38H52N6O7S. The van der Waals surface area contributed by atoms with Gasteiger partial charge in [0.15, 0.2) is 0 Å². The van der Waals surface area contributed by atoms with Crippen LogP contribution in [0.1, 0.15) is 70.2 Å². The fourth-order valence-electron chi connectivity index (χ4n) is 6.37. The van der Waals surface area contributed by atoms with E-state index in [9.17, 15) is 28.2 Å². The van der Waals surface area contributed by atoms with Gasteiger partial charge < -0.3 is 30.5 Å². The zero-order valence-corrected chi connectivity index (χ0v) is 31.6. The quantitative estimate of drug-likeness (QED) is 0.0969. The molecule has 13 nitrogen and oxygen atoms in total. The molecule has 1 unspecified atom stereocenters. The smallest absolute Gasteiger partial charge is 0.321 e. The fourth-order valence-corrected chi connectivity index (χ4v) is 7.99. The Balaban J connectivity index is 1.59. The van der Waals surface area contributed by atoms with Crippen LogP contribution in [0, 0.1) is 11.3 Å². The predicted octanol–water partition coefficient (Wildman–Crippen LogP) is 4.03. The van der Waals surface area contributed by atoms with E-state index in [1.807, 2.05) is 65.0 Å². The highest BCUT2D eigenvalue weighted by molar-refractivity contribution is 7.89. The van der Waals surface area contributed by atoms with E-state index in [4.69, 9.17) is 5.21 Å². The number of aliphatic hydroxyl groups is 2. The molecule has 0 radical (unpaired) electrons. The maximum atomic E-state index is 14.3. The summed E-state index contributed by atoms with van der Waals surface area (Å²) >= 11 is 0. The van der Waals surface area contributed by atoms with Crippen LogP contribution in [-0.4, -0.2) is 105 Å². The van der Waals surface area contributed by atoms with Gasteiger partial charge in [0.25, 0.3) is 0 Å². The van der Waals surface area contributed by atoms with Crippen LogP contribution in [0.5, 0.6) is 0 Å². The maximum Gasteiger partial charge on any atom is 0.321 e. The molecule has 14 heteroatoms. The van der Waals surface area contributed by atoms with E-state index in [1.165, 1.54) is 34.8 Å². The SMILES string of the molecule is CC(C)CN(C[C@@H](O)[C@H](Cc1ccccc1)NC(=O)[C@@H](N1CCN(Cc2cccc(C(C)O)n2)C1=O)C(C)(C)C)S(=O)(=O)c1ccc(/C=N\O)cc1. The molecule has 1 aromatic heterocycles. The number of amides is 3. The maximum absolute atomic E-state index is 14.3. The number of benzene rings is 2. The second-order valence-electron chi connectivity index (χ2n) is 14.8. The van der Waals surface area contributed by atoms with Gasteiger partial charge in [0, 0.05) is 26.2 Å². The third-order valence-corrected chi connectivity index (χ3v) is 10.7. The molecule has 4 N–H and O–H groups in total. The summed E-state index contributed by atoms with van der Waals surface area (Å²) in [6.07, 6.45) is -0.677. The Bertz CT molecular complexity index is 1780. The molecule has 1 aliphatic heterocycles. The normalized spacial score (nSPS) is 16.5. The Morgan fingerprint density at radius 1 is 0.981 bits per heavy atom. The van der Waals surface area contributed by atoms with Gasteiger partial charge in [-0.1, -0.05) is 88.3 Å². The van der Waals surface area contributed by atoms with E-state index in [1.54, 1.807) is 34.9 Å². The summed E-state index contributed by atoms with van der Waals surface area (Å²) in [4.78, 5) is 35.8. The summed E-state index contributed by atoms with van der Waals surface area (Å²) in [6.45, 7) is 11.7. The van der Waals surface area contributed by atoms with Gasteiger partial charge in [0.2, 0.25) is 15.9 Å². The van der Waals surface area contributed by atoms with E-state index < -0.39 is 45.6 Å². The number of nitrogens with one attached hydrogen (secondary N) is 1. The van der Waals surface area contributed by atoms with E-state index in [-0.39, 0.29) is 42.9 Å². The average Bonchev–Trinajstić information content (AvgIpc) is 3.42. The van der Waals surface area contributed by atoms with Gasteiger partial charge >= 0.3 is 6.03 Å². The minimum atomic E-state index is -4.08. The van der Waals surface area contributed by atoms with Crippen molar-refractivity contribution in [2.75, 3.05) is 26.2 Å². The standard InChI is InChI=1S/C38H52N6O7S/c1-26(2)23-43(52(50,51)31-17-15-29(16-18-31)22-39-49)25-34(46)33(21-28-11-8-7-9-12-28)41-36(47)35(38(4,5)6)44-20-19-42(37(44)48)24-30-13-10-14-32(40-30)27(3)45/h7-18,22,26-27,33-35,45-46,49H,19-21,23-25H2,1-6H3,(H,41,47)/b39-22-/t27?,33-,34+,35+/m0/s1. The van der Waals surface area contributed by atoms with Crippen LogP contribution >= 0.6 is 0 Å². The Kier molecular flexibility index (Phi) is 13.5. The molecule has 3 amide bonds. The summed E-state index contributed by atoms with van der Waals surface area (Å²) in [5, 5.41) is 36.7. The summed E-state index contributed by atoms with van der Waals surface area (Å²) in [6, 6.07) is 18.3. The first-order valence-corrected chi connectivity index (χ1v) is 18.9. The number of urea groups is 1. The van der Waals surface area contributed by atoms with Crippen LogP contribution in [0.25, 0.3) is 0 Å². The highest BCUT2D eigenvalue weighted by Crippen LogP contribution is 2.29. The van der Waals surface area contributed by atoms with Gasteiger partial charge in [0.05, 0.1) is 47.3 Å². The number of sulfonamides is 1. The van der Waals surface area contributed by atoms with Gasteiger partial charge in [-0.15, -0.1) is 0 Å². The number of hydrogen-bond acceptors (Lipinski definition) is 9. The number of nitrogens with zero attached hydrogens (tertiary/aromatic N) is 5. The first-order valence-electron chi connectivity index (χ1n) is 17.5. The Morgan fingerprint density at radius 3 is 2.25 bits per heavy atom. The fraction of sp³-hybridized carbons (Fsp3) is 0.474. The van der Waals surface area contributed by atoms with Crippen LogP contribution in [0.4, 0.5) is 4.79 Å². The lowest BCUT2D eigenvalue weighted by molar-refractivity contribution is -0.130. The second-order valence-corrected chi connectivity index (χ2v) is 16.7. The van der Waals surface area contributed by atoms with Crippen LogP contribution in [0.2, 0.25) is 0 Å². The molecule has 0 bridgehead atoms. The van der Waals surface area contributed by atoms with Gasteiger partial charge in [-0.3, -0.25) is 9.78 Å². The van der Waals surface area contributed by atoms with Crippen molar-refractivity contribution in [3.63, 3.8) is 0 Å². The number of aliphatic hydroxyl groups excluding tert-OH is 2. The predicted molar refractivity (Wildman–Crippen MR) is 198 cm³/mol. The third-order valence-electron chi connectivity index (χ3n) is 8.89. The van der Waals surface area contributed by atoms with Crippen molar-refractivity contribution in [1.29, 1.82) is 0 Å². The molecule has 1 aliphatic rings. The van der Waals surface area contributed by atoms with Crippen LogP contribution in [0.15, 0.2) is 82.8 Å². The van der Waals surface area contributed by atoms with Gasteiger partial charge in [-0.05, 0) is 60.1 Å². The highest BCUT2D eigenvalue weighted by Gasteiger charge is 2.44. The number of aromatic nitrogens is 1. The van der Waals surface area contributed by atoms with Crippen molar-refractivity contribution >= 4 is 28.2 Å². The molecule has 1 saturated heterocycles. The van der Waals surface area contributed by atoms with Crippen molar-refractivity contribution in [1.82, 2.24) is 24.4 Å². The highest BCUT2D eigenvalue weighted by atomic mass is 32.2. The van der Waals surface area contributed by atoms with Gasteiger partial charge in [0.1, 0.15) is 6.04 Å². The summed E-state index contributed by atoms with van der Waals surface area (Å²) in [7, 11) is -4.08. The van der Waals surface area contributed by atoms with E-state index >= 15 is 0 Å². The molecule has 4 rings (SSSR count). The van der Waals surface area contributed by atoms with Crippen molar-refractivity contribution in [3.05, 3.63) is 95.3 Å². The molecular weight excluding hydrogens is 685 g/mol. The minimum Gasteiger partial charge on any atom is -0.411 e. The number of carbonyl (C=O) groups is 2. The largest absolute Gasteiger partial charge is 0.411 e. The van der Waals surface area contributed by atoms with Crippen molar-refractivity contribution in [2.45, 2.75) is 83.7 Å². The van der Waals surface area contributed by atoms with Gasteiger partial charge in [-0.25, -0.2) is 13.2 Å². The number of hydrogen-bond donors (Lipinski definition) is 4. The average molecular weight is 737 g/mol. The topological polar surface area (TPSA) is 176 Å². The molecule has 1 fully saturated rings. The zero-order chi connectivity index (χ0) is 38.2. The van der Waals surface area contributed by atoms with Crippen LogP contribution in [-0.2, 0) is 27.8 Å². The first kappa shape index (κ1) is 40.4. The third kappa shape index (κ3) is 10.4. The van der Waals surface area contributed by atoms with Crippen molar-refractivity contribution in [2.24, 2.45) is 16.5 Å². The lowest BCUT2D eigenvalue weighted by Crippen LogP contribution is -2.59. The number of rotatable bonds is 16. The molecule has 4 atom stereocenters. The zero-order valence-electron chi connectivity index (χ0n) is 30.8. The summed E-state index contributed by atoms with van der Waals surface area (Å²) in [5.74, 6) is -0.541. The number of oxime groups is 1. The molecule has 0 aliphatic carbocycles. The van der Waals surface area contributed by atoms with E-state index in [2.05, 4.69) is 15.5 Å². The number of pyridine rings is 1. The first-order chi connectivity index (χ1) is 24.5. The van der Waals surface area contributed by atoms with E-state index in [0.717, 1.165) is 5.56 Å². The molecule has 282 valence electrons. The molecule has 0 spiro atoms. The van der Waals surface area contributed by atoms with Crippen LogP contribution < -0.4 is 5.32 Å². The monoisotopic (exact) mass is 736 g/mol. The summed E-state index contributed by atoms with van der Waals surface area (Å²) in [5.41, 5.74) is 1.75. The van der Waals surface area contributed by atoms with Crippen molar-refractivity contribution in [3.8, 4) is 0 Å². The lowest BCUT2D eigenvalue weighted by Gasteiger charge is -2.38. The lowest BCUT2D eigenvalue weighted by atomic mass is 9.84. The Hall–Kier alpha value is -4.37. The molecule has 3 aromatic rings. The Labute approximate surface area is 307 Å². The molecule has 2 aromatic carbocycles. The second kappa shape index (κ2) is 17.4. The Morgan fingerprint density at radius 2 is 1.65 bits per heavy atom. The number of carbonyl (C=O) groups excluding carboxylic acids is 2. The van der Waals surface area contributed by atoms with Gasteiger partial charge in [-0.2, -0.15) is 4.31 Å². The molecule has 2 heterocycles. The van der Waals surface area contributed by atoms with Crippen LogP contribution in [0.3, 0.4) is 0 Å². The minimum absolute atomic E-state index is 0.0109. The molecule has 52 heavy (non-hydrogen) atoms. The summed E-state index contributed by atoms with van der Waals surface area (Å²) < 4.78 is 29.1. The van der Waals surface area contributed by atoms with E-state index in [0.29, 0.717) is 30.0 Å².